The Labute approximate surface area is 121 Å². The highest BCUT2D eigenvalue weighted by Crippen LogP contribution is 2.07. The molecule has 0 spiro atoms. The van der Waals surface area contributed by atoms with Crippen LogP contribution in [0.3, 0.4) is 0 Å². The van der Waals surface area contributed by atoms with Crippen molar-refractivity contribution in [1.29, 1.82) is 0 Å². The van der Waals surface area contributed by atoms with Crippen LogP contribution in [0.2, 0.25) is 0 Å². The van der Waals surface area contributed by atoms with E-state index in [9.17, 15) is 4.79 Å². The molecule has 21 heavy (non-hydrogen) atoms. The second kappa shape index (κ2) is 11.4. The molecule has 12 nitrogen and oxygen atoms in total. The van der Waals surface area contributed by atoms with E-state index < -0.39 is 0 Å². The predicted octanol–water partition coefficient (Wildman–Crippen LogP) is -2.50. The molecule has 1 aromatic heterocycles. The van der Waals surface area contributed by atoms with Crippen molar-refractivity contribution in [2.75, 3.05) is 50.2 Å². The van der Waals surface area contributed by atoms with Gasteiger partial charge in [0, 0.05) is 14.1 Å². The van der Waals surface area contributed by atoms with E-state index in [1.54, 1.807) is 14.1 Å². The standard InChI is InChI=1S/C6H12N6O3.C3H8N2O/c13-1-7-4-10-5(8-2-14)12-6(11-4)9-3-15;1-4-3(6)5-2/h13-15H,1-3H2,(H3,7,8,9,10,11,12);1-2H3,(H2,4,5,6). The number of aliphatic hydroxyl groups excluding tert-OH is 3. The van der Waals surface area contributed by atoms with Crippen LogP contribution < -0.4 is 26.6 Å². The third-order valence-electron chi connectivity index (χ3n) is 1.80. The van der Waals surface area contributed by atoms with E-state index in [0.29, 0.717) is 0 Å². The van der Waals surface area contributed by atoms with Gasteiger partial charge >= 0.3 is 6.03 Å². The molecule has 2 amide bonds. The molecule has 1 heterocycles. The summed E-state index contributed by atoms with van der Waals surface area (Å²) in [6, 6.07) is -0.157. The predicted molar refractivity (Wildman–Crippen MR) is 75.5 cm³/mol. The number of rotatable bonds is 6. The van der Waals surface area contributed by atoms with Crippen molar-refractivity contribution in [3.8, 4) is 0 Å². The number of carbonyl (C=O) groups is 1. The number of nitrogens with one attached hydrogen (secondary N) is 5. The third-order valence-corrected chi connectivity index (χ3v) is 1.80. The minimum atomic E-state index is -0.332. The largest absolute Gasteiger partial charge is 0.376 e. The van der Waals surface area contributed by atoms with Gasteiger partial charge in [-0.05, 0) is 0 Å². The van der Waals surface area contributed by atoms with Crippen LogP contribution in [0.4, 0.5) is 22.6 Å². The lowest BCUT2D eigenvalue weighted by molar-refractivity contribution is 0.245. The van der Waals surface area contributed by atoms with Crippen LogP contribution >= 0.6 is 0 Å². The van der Waals surface area contributed by atoms with Crippen molar-refractivity contribution in [3.63, 3.8) is 0 Å². The van der Waals surface area contributed by atoms with Gasteiger partial charge in [0.15, 0.2) is 0 Å². The van der Waals surface area contributed by atoms with Crippen molar-refractivity contribution >= 4 is 23.9 Å². The summed E-state index contributed by atoms with van der Waals surface area (Å²) in [7, 11) is 3.14. The number of hydrogen-bond acceptors (Lipinski definition) is 10. The molecule has 8 N–H and O–H groups in total. The topological polar surface area (TPSA) is 177 Å². The quantitative estimate of drug-likeness (QED) is 0.262. The first kappa shape index (κ1) is 18.6. The highest BCUT2D eigenvalue weighted by molar-refractivity contribution is 5.72. The van der Waals surface area contributed by atoms with Crippen molar-refractivity contribution in [2.45, 2.75) is 0 Å². The highest BCUT2D eigenvalue weighted by atomic mass is 16.3. The first-order valence-corrected chi connectivity index (χ1v) is 5.81. The average Bonchev–Trinajstić information content (AvgIpc) is 2.48. The summed E-state index contributed by atoms with van der Waals surface area (Å²) in [5.74, 6) is 0.373. The molecule has 0 unspecified atom stereocenters. The molecule has 0 aliphatic heterocycles. The Balaban J connectivity index is 0.000000567. The number of urea groups is 1. The minimum absolute atomic E-state index is 0.124. The molecule has 1 aromatic rings. The Bertz CT molecular complexity index is 353. The first-order chi connectivity index (χ1) is 10.1. The maximum absolute atomic E-state index is 9.96. The van der Waals surface area contributed by atoms with E-state index in [1.165, 1.54) is 0 Å². The molecule has 1 rings (SSSR count). The lowest BCUT2D eigenvalue weighted by Gasteiger charge is -2.07. The van der Waals surface area contributed by atoms with Crippen LogP contribution in [0.25, 0.3) is 0 Å². The lowest BCUT2D eigenvalue weighted by Crippen LogP contribution is -2.28. The van der Waals surface area contributed by atoms with Crippen LogP contribution in [-0.4, -0.2) is 70.6 Å². The van der Waals surface area contributed by atoms with Gasteiger partial charge in [-0.1, -0.05) is 0 Å². The molecule has 0 atom stereocenters. The maximum Gasteiger partial charge on any atom is 0.314 e. The fraction of sp³-hybridized carbons (Fsp3) is 0.556. The second-order valence-electron chi connectivity index (χ2n) is 3.14. The number of anilines is 3. The van der Waals surface area contributed by atoms with Crippen LogP contribution in [0.5, 0.6) is 0 Å². The Kier molecular flexibility index (Phi) is 10.1. The van der Waals surface area contributed by atoms with Crippen molar-refractivity contribution in [1.82, 2.24) is 25.6 Å². The van der Waals surface area contributed by atoms with Crippen LogP contribution in [0, 0.1) is 0 Å². The Morgan fingerprint density at radius 1 is 0.810 bits per heavy atom. The molecule has 0 saturated heterocycles. The summed E-state index contributed by atoms with van der Waals surface area (Å²) in [5.41, 5.74) is 0. The zero-order valence-corrected chi connectivity index (χ0v) is 11.7. The van der Waals surface area contributed by atoms with E-state index in [0.717, 1.165) is 0 Å². The van der Waals surface area contributed by atoms with Crippen molar-refractivity contribution in [3.05, 3.63) is 0 Å². The zero-order valence-electron chi connectivity index (χ0n) is 11.7. The number of hydrogen-bond donors (Lipinski definition) is 8. The smallest absolute Gasteiger partial charge is 0.314 e. The summed E-state index contributed by atoms with van der Waals surface area (Å²) in [6.07, 6.45) is 0. The van der Waals surface area contributed by atoms with E-state index in [2.05, 4.69) is 41.5 Å². The van der Waals surface area contributed by atoms with Crippen molar-refractivity contribution in [2.24, 2.45) is 0 Å². The number of aliphatic hydroxyl groups is 3. The number of carbonyl (C=O) groups excluding carboxylic acids is 1. The molecule has 0 aliphatic carbocycles. The molecular weight excluding hydrogens is 284 g/mol. The van der Waals surface area contributed by atoms with Gasteiger partial charge in [0.25, 0.3) is 0 Å². The molecule has 0 radical (unpaired) electrons. The normalized spacial score (nSPS) is 9.00. The maximum atomic E-state index is 9.96. The minimum Gasteiger partial charge on any atom is -0.376 e. The van der Waals surface area contributed by atoms with Gasteiger partial charge in [0.1, 0.15) is 20.2 Å². The second-order valence-corrected chi connectivity index (χ2v) is 3.14. The number of amides is 2. The van der Waals surface area contributed by atoms with E-state index in [4.69, 9.17) is 15.3 Å². The molecule has 0 aliphatic rings. The van der Waals surface area contributed by atoms with Gasteiger partial charge in [-0.15, -0.1) is 0 Å². The highest BCUT2D eigenvalue weighted by Gasteiger charge is 2.04. The van der Waals surface area contributed by atoms with Crippen LogP contribution in [0.15, 0.2) is 0 Å². The van der Waals surface area contributed by atoms with Crippen LogP contribution in [0.1, 0.15) is 0 Å². The molecule has 120 valence electrons. The first-order valence-electron chi connectivity index (χ1n) is 5.81. The fourth-order valence-corrected chi connectivity index (χ4v) is 0.950. The summed E-state index contributed by atoms with van der Waals surface area (Å²) in [5, 5.41) is 37.9. The monoisotopic (exact) mass is 304 g/mol. The van der Waals surface area contributed by atoms with Gasteiger partial charge in [-0.2, -0.15) is 15.0 Å². The zero-order chi connectivity index (χ0) is 16.1. The van der Waals surface area contributed by atoms with Crippen LogP contribution in [-0.2, 0) is 0 Å². The summed E-state index contributed by atoms with van der Waals surface area (Å²) >= 11 is 0. The molecular formula is C9H20N8O4. The number of aromatic nitrogens is 3. The van der Waals surface area contributed by atoms with Gasteiger partial charge in [0.05, 0.1) is 0 Å². The molecule has 0 bridgehead atoms. The number of nitrogens with zero attached hydrogens (tertiary/aromatic N) is 3. The van der Waals surface area contributed by atoms with E-state index >= 15 is 0 Å². The Hall–Kier alpha value is -2.44. The summed E-state index contributed by atoms with van der Waals surface area (Å²) in [6.45, 7) is -0.997. The third kappa shape index (κ3) is 8.35. The van der Waals surface area contributed by atoms with Gasteiger partial charge < -0.3 is 41.9 Å². The molecule has 0 aromatic carbocycles. The molecule has 12 heteroatoms. The summed E-state index contributed by atoms with van der Waals surface area (Å²) in [4.78, 5) is 21.4. The van der Waals surface area contributed by atoms with Crippen molar-refractivity contribution < 1.29 is 20.1 Å². The van der Waals surface area contributed by atoms with Gasteiger partial charge in [-0.3, -0.25) is 0 Å². The Morgan fingerprint density at radius 2 is 1.10 bits per heavy atom. The SMILES string of the molecule is CNC(=O)NC.OCNc1nc(NCO)nc(NCO)n1. The lowest BCUT2D eigenvalue weighted by atomic mass is 10.8. The molecule has 0 fully saturated rings. The van der Waals surface area contributed by atoms with E-state index in [-0.39, 0.29) is 44.1 Å². The fourth-order valence-electron chi connectivity index (χ4n) is 0.950. The Morgan fingerprint density at radius 3 is 1.24 bits per heavy atom. The average molecular weight is 304 g/mol. The van der Waals surface area contributed by atoms with Gasteiger partial charge in [0.2, 0.25) is 17.8 Å². The van der Waals surface area contributed by atoms with Gasteiger partial charge in [-0.25, -0.2) is 4.79 Å². The summed E-state index contributed by atoms with van der Waals surface area (Å²) < 4.78 is 0. The molecule has 0 saturated carbocycles. The van der Waals surface area contributed by atoms with E-state index in [1.807, 2.05) is 0 Å².